The molecule has 0 saturated carbocycles. The summed E-state index contributed by atoms with van der Waals surface area (Å²) in [6.45, 7) is 7.62. The highest BCUT2D eigenvalue weighted by Gasteiger charge is 2.12. The minimum Gasteiger partial charge on any atom is -0.457 e. The fourth-order valence-electron chi connectivity index (χ4n) is 3.49. The molecule has 0 radical (unpaired) electrons. The van der Waals surface area contributed by atoms with E-state index in [-0.39, 0.29) is 5.91 Å². The van der Waals surface area contributed by atoms with Crippen molar-refractivity contribution in [1.29, 1.82) is 0 Å². The molecule has 0 bridgehead atoms. The Kier molecular flexibility index (Phi) is 7.67. The van der Waals surface area contributed by atoms with E-state index in [0.717, 1.165) is 42.3 Å². The summed E-state index contributed by atoms with van der Waals surface area (Å²) in [5.41, 5.74) is 2.17. The van der Waals surface area contributed by atoms with Gasteiger partial charge in [-0.25, -0.2) is 0 Å². The first-order valence-electron chi connectivity index (χ1n) is 11.4. The van der Waals surface area contributed by atoms with Crippen molar-refractivity contribution in [3.05, 3.63) is 84.4 Å². The predicted molar refractivity (Wildman–Crippen MR) is 132 cm³/mol. The number of nitrogens with zero attached hydrogens (tertiary/aromatic N) is 3. The normalized spacial score (nSPS) is 10.9. The van der Waals surface area contributed by atoms with Crippen LogP contribution >= 0.6 is 0 Å². The Balaban J connectivity index is 1.36. The van der Waals surface area contributed by atoms with E-state index in [0.29, 0.717) is 23.8 Å². The van der Waals surface area contributed by atoms with Gasteiger partial charge in [0.2, 0.25) is 5.82 Å². The van der Waals surface area contributed by atoms with E-state index in [1.54, 1.807) is 12.1 Å². The molecular formula is C27H28N4O3. The minimum atomic E-state index is -0.0923. The number of rotatable bonds is 10. The lowest BCUT2D eigenvalue weighted by Crippen LogP contribution is -2.34. The Morgan fingerprint density at radius 3 is 2.21 bits per heavy atom. The second-order valence-corrected chi connectivity index (χ2v) is 7.72. The van der Waals surface area contributed by atoms with Gasteiger partial charge in [0.15, 0.2) is 0 Å². The Morgan fingerprint density at radius 1 is 0.882 bits per heavy atom. The Bertz CT molecular complexity index is 1180. The summed E-state index contributed by atoms with van der Waals surface area (Å²) in [4.78, 5) is 19.2. The maximum atomic E-state index is 12.4. The van der Waals surface area contributed by atoms with Crippen LogP contribution in [0.1, 0.15) is 24.2 Å². The predicted octanol–water partition coefficient (Wildman–Crippen LogP) is 5.27. The number of amides is 1. The van der Waals surface area contributed by atoms with Crippen LogP contribution in [0.5, 0.6) is 11.5 Å². The standard InChI is InChI=1S/C27H28N4O3/c1-3-31(4-2)19-18-28-26(32)21-12-10-20(11-13-21)25-29-27(34-30-25)22-14-16-24(17-15-22)33-23-8-6-5-7-9-23/h5-17H,3-4,18-19H2,1-2H3,(H,28,32). The van der Waals surface area contributed by atoms with E-state index in [4.69, 9.17) is 9.26 Å². The van der Waals surface area contributed by atoms with Gasteiger partial charge in [0.25, 0.3) is 11.8 Å². The average Bonchev–Trinajstić information content (AvgIpc) is 3.38. The Hall–Kier alpha value is -3.97. The lowest BCUT2D eigenvalue weighted by molar-refractivity contribution is 0.0949. The molecule has 0 saturated heterocycles. The van der Waals surface area contributed by atoms with E-state index in [1.807, 2.05) is 66.7 Å². The molecule has 0 fully saturated rings. The molecule has 7 heteroatoms. The summed E-state index contributed by atoms with van der Waals surface area (Å²) in [5.74, 6) is 2.29. The molecule has 0 unspecified atom stereocenters. The van der Waals surface area contributed by atoms with E-state index < -0.39 is 0 Å². The molecule has 34 heavy (non-hydrogen) atoms. The summed E-state index contributed by atoms with van der Waals surface area (Å²) in [7, 11) is 0. The first-order chi connectivity index (χ1) is 16.7. The monoisotopic (exact) mass is 456 g/mol. The highest BCUT2D eigenvalue weighted by Crippen LogP contribution is 2.26. The van der Waals surface area contributed by atoms with Gasteiger partial charge in [0, 0.05) is 29.8 Å². The fraction of sp³-hybridized carbons (Fsp3) is 0.222. The van der Waals surface area contributed by atoms with Crippen molar-refractivity contribution < 1.29 is 14.1 Å². The smallest absolute Gasteiger partial charge is 0.258 e. The number of hydrogen-bond acceptors (Lipinski definition) is 6. The molecule has 7 nitrogen and oxygen atoms in total. The van der Waals surface area contributed by atoms with Crippen molar-refractivity contribution in [2.45, 2.75) is 13.8 Å². The van der Waals surface area contributed by atoms with E-state index in [1.165, 1.54) is 0 Å². The maximum Gasteiger partial charge on any atom is 0.258 e. The van der Waals surface area contributed by atoms with Crippen LogP contribution in [0, 0.1) is 0 Å². The molecule has 1 heterocycles. The van der Waals surface area contributed by atoms with Crippen LogP contribution in [0.2, 0.25) is 0 Å². The SMILES string of the molecule is CCN(CC)CCNC(=O)c1ccc(-c2noc(-c3ccc(Oc4ccccc4)cc3)n2)cc1. The number of benzene rings is 3. The van der Waals surface area contributed by atoms with Gasteiger partial charge in [0.1, 0.15) is 11.5 Å². The summed E-state index contributed by atoms with van der Waals surface area (Å²) < 4.78 is 11.3. The largest absolute Gasteiger partial charge is 0.457 e. The highest BCUT2D eigenvalue weighted by atomic mass is 16.5. The number of hydrogen-bond donors (Lipinski definition) is 1. The van der Waals surface area contributed by atoms with Gasteiger partial charge in [-0.2, -0.15) is 4.98 Å². The van der Waals surface area contributed by atoms with Crippen molar-refractivity contribution in [2.75, 3.05) is 26.2 Å². The molecule has 0 atom stereocenters. The van der Waals surface area contributed by atoms with Crippen molar-refractivity contribution >= 4 is 5.91 Å². The fourth-order valence-corrected chi connectivity index (χ4v) is 3.49. The zero-order chi connectivity index (χ0) is 23.8. The minimum absolute atomic E-state index is 0.0923. The lowest BCUT2D eigenvalue weighted by atomic mass is 10.1. The van der Waals surface area contributed by atoms with Crippen molar-refractivity contribution in [3.63, 3.8) is 0 Å². The van der Waals surface area contributed by atoms with Gasteiger partial charge in [0.05, 0.1) is 0 Å². The number of aromatic nitrogens is 2. The van der Waals surface area contributed by atoms with Gasteiger partial charge in [-0.3, -0.25) is 4.79 Å². The first-order valence-corrected chi connectivity index (χ1v) is 11.4. The Labute approximate surface area is 199 Å². The third kappa shape index (κ3) is 5.88. The van der Waals surface area contributed by atoms with Gasteiger partial charge in [-0.05, 0) is 61.6 Å². The molecule has 0 aliphatic carbocycles. The zero-order valence-electron chi connectivity index (χ0n) is 19.4. The van der Waals surface area contributed by atoms with Crippen LogP contribution in [0.3, 0.4) is 0 Å². The van der Waals surface area contributed by atoms with Crippen molar-refractivity contribution in [2.24, 2.45) is 0 Å². The average molecular weight is 457 g/mol. The summed E-state index contributed by atoms with van der Waals surface area (Å²) >= 11 is 0. The molecule has 1 N–H and O–H groups in total. The van der Waals surface area contributed by atoms with Crippen molar-refractivity contribution in [3.8, 4) is 34.3 Å². The molecule has 0 aliphatic rings. The number of likely N-dealkylation sites (N-methyl/N-ethyl adjacent to an activating group) is 1. The zero-order valence-corrected chi connectivity index (χ0v) is 19.4. The van der Waals surface area contributed by atoms with E-state index in [2.05, 4.69) is 34.2 Å². The van der Waals surface area contributed by atoms with Crippen molar-refractivity contribution in [1.82, 2.24) is 20.4 Å². The van der Waals surface area contributed by atoms with E-state index >= 15 is 0 Å². The van der Waals surface area contributed by atoms with Crippen LogP contribution in [-0.2, 0) is 0 Å². The van der Waals surface area contributed by atoms with Gasteiger partial charge in [-0.1, -0.05) is 49.3 Å². The molecule has 4 aromatic rings. The third-order valence-corrected chi connectivity index (χ3v) is 5.52. The van der Waals surface area contributed by atoms with Crippen LogP contribution in [0.4, 0.5) is 0 Å². The lowest BCUT2D eigenvalue weighted by Gasteiger charge is -2.17. The Morgan fingerprint density at radius 2 is 1.53 bits per heavy atom. The number of para-hydroxylation sites is 1. The second-order valence-electron chi connectivity index (χ2n) is 7.72. The van der Waals surface area contributed by atoms with Crippen LogP contribution < -0.4 is 10.1 Å². The summed E-state index contributed by atoms with van der Waals surface area (Å²) in [6, 6.07) is 24.3. The van der Waals surface area contributed by atoms with Gasteiger partial charge in [-0.15, -0.1) is 0 Å². The molecule has 1 amide bonds. The third-order valence-electron chi connectivity index (χ3n) is 5.52. The number of carbonyl (C=O) groups excluding carboxylic acids is 1. The molecule has 4 rings (SSSR count). The molecule has 3 aromatic carbocycles. The first kappa shape index (κ1) is 23.2. The molecule has 0 spiro atoms. The molecule has 174 valence electrons. The van der Waals surface area contributed by atoms with Gasteiger partial charge < -0.3 is 19.5 Å². The maximum absolute atomic E-state index is 12.4. The number of carbonyl (C=O) groups is 1. The highest BCUT2D eigenvalue weighted by molar-refractivity contribution is 5.94. The van der Waals surface area contributed by atoms with E-state index in [9.17, 15) is 4.79 Å². The quantitative estimate of drug-likeness (QED) is 0.350. The second kappa shape index (κ2) is 11.2. The molecule has 0 aliphatic heterocycles. The number of ether oxygens (including phenoxy) is 1. The van der Waals surface area contributed by atoms with Gasteiger partial charge >= 0.3 is 0 Å². The van der Waals surface area contributed by atoms with Crippen LogP contribution in [-0.4, -0.2) is 47.1 Å². The topological polar surface area (TPSA) is 80.5 Å². The molecule has 1 aromatic heterocycles. The summed E-state index contributed by atoms with van der Waals surface area (Å²) in [5, 5.41) is 7.05. The molecular weight excluding hydrogens is 428 g/mol. The number of nitrogens with one attached hydrogen (secondary N) is 1. The van der Waals surface area contributed by atoms with Crippen LogP contribution in [0.25, 0.3) is 22.8 Å². The summed E-state index contributed by atoms with van der Waals surface area (Å²) in [6.07, 6.45) is 0. The van der Waals surface area contributed by atoms with Crippen LogP contribution in [0.15, 0.2) is 83.4 Å².